The van der Waals surface area contributed by atoms with Crippen molar-refractivity contribution in [3.63, 3.8) is 0 Å². The minimum Gasteiger partial charge on any atom is -0.423 e. The van der Waals surface area contributed by atoms with Gasteiger partial charge in [-0.1, -0.05) is 63.2 Å². The summed E-state index contributed by atoms with van der Waals surface area (Å²) in [4.78, 5) is 12.6. The molecule has 0 aromatic heterocycles. The van der Waals surface area contributed by atoms with E-state index in [1.54, 1.807) is 0 Å². The van der Waals surface area contributed by atoms with Crippen LogP contribution in [0, 0.1) is 0 Å². The minimum atomic E-state index is -0.925. The summed E-state index contributed by atoms with van der Waals surface area (Å²) in [7, 11) is -0.925. The van der Waals surface area contributed by atoms with Crippen LogP contribution in [-0.4, -0.2) is 17.9 Å². The molecule has 3 rings (SSSR count). The van der Waals surface area contributed by atoms with E-state index in [4.69, 9.17) is 4.65 Å². The summed E-state index contributed by atoms with van der Waals surface area (Å²) in [6.45, 7) is 10.3. The third-order valence-electron chi connectivity index (χ3n) is 4.87. The van der Waals surface area contributed by atoms with Crippen LogP contribution in [0.3, 0.4) is 0 Å². The first-order valence-corrected chi connectivity index (χ1v) is 8.71. The van der Waals surface area contributed by atoms with E-state index in [-0.39, 0.29) is 11.2 Å². The van der Waals surface area contributed by atoms with Crippen LogP contribution in [0.1, 0.15) is 61.7 Å². The van der Waals surface area contributed by atoms with Gasteiger partial charge in [0, 0.05) is 12.0 Å². The number of ketones is 1. The van der Waals surface area contributed by atoms with Crippen LogP contribution in [0.25, 0.3) is 0 Å². The van der Waals surface area contributed by atoms with Crippen LogP contribution >= 0.6 is 0 Å². The van der Waals surface area contributed by atoms with E-state index in [1.807, 2.05) is 56.3 Å². The van der Waals surface area contributed by atoms with Gasteiger partial charge in [0.25, 0.3) is 0 Å². The number of fused-ring (bicyclic) bond motifs is 1. The second-order valence-electron chi connectivity index (χ2n) is 8.33. The Balaban J connectivity index is 1.79. The molecule has 0 atom stereocenters. The summed E-state index contributed by atoms with van der Waals surface area (Å²) in [5, 5.41) is 10.1. The molecule has 1 heterocycles. The van der Waals surface area contributed by atoms with Crippen LogP contribution in [0.5, 0.6) is 0 Å². The highest BCUT2D eigenvalue weighted by Crippen LogP contribution is 2.30. The molecular formula is C21H25BO3. The molecule has 25 heavy (non-hydrogen) atoms. The second kappa shape index (κ2) is 6.12. The van der Waals surface area contributed by atoms with Crippen molar-refractivity contribution in [3.8, 4) is 0 Å². The van der Waals surface area contributed by atoms with E-state index in [9.17, 15) is 9.82 Å². The first-order valence-electron chi connectivity index (χ1n) is 8.71. The normalized spacial score (nSPS) is 16.0. The van der Waals surface area contributed by atoms with Gasteiger partial charge in [0.1, 0.15) is 0 Å². The quantitative estimate of drug-likeness (QED) is 0.691. The van der Waals surface area contributed by atoms with Gasteiger partial charge in [-0.05, 0) is 41.4 Å². The highest BCUT2D eigenvalue weighted by molar-refractivity contribution is 6.62. The number of hydrogen-bond donors (Lipinski definition) is 1. The standard InChI is InChI=1S/C21H25BO3/c1-20(2,3)16-9-7-15(8-10-16)19(23)13-14-6-11-17-18(12-14)22(24)25-21(17,4)5/h6-12,24H,13H2,1-5H3. The van der Waals surface area contributed by atoms with E-state index < -0.39 is 12.7 Å². The predicted molar refractivity (Wildman–Crippen MR) is 101 cm³/mol. The zero-order chi connectivity index (χ0) is 18.4. The maximum absolute atomic E-state index is 12.6. The van der Waals surface area contributed by atoms with Crippen molar-refractivity contribution in [1.29, 1.82) is 0 Å². The van der Waals surface area contributed by atoms with Gasteiger partial charge >= 0.3 is 7.12 Å². The Labute approximate surface area is 150 Å². The largest absolute Gasteiger partial charge is 0.492 e. The molecule has 0 amide bonds. The zero-order valence-electron chi connectivity index (χ0n) is 15.6. The second-order valence-corrected chi connectivity index (χ2v) is 8.33. The molecule has 2 aromatic rings. The average molecular weight is 336 g/mol. The fourth-order valence-corrected chi connectivity index (χ4v) is 3.32. The van der Waals surface area contributed by atoms with Crippen molar-refractivity contribution in [2.75, 3.05) is 0 Å². The van der Waals surface area contributed by atoms with Crippen molar-refractivity contribution in [3.05, 3.63) is 64.7 Å². The lowest BCUT2D eigenvalue weighted by molar-refractivity contribution is 0.0991. The van der Waals surface area contributed by atoms with E-state index in [0.717, 1.165) is 16.6 Å². The van der Waals surface area contributed by atoms with Crippen molar-refractivity contribution in [1.82, 2.24) is 0 Å². The molecule has 0 aliphatic carbocycles. The third-order valence-corrected chi connectivity index (χ3v) is 4.87. The fraction of sp³-hybridized carbons (Fsp3) is 0.381. The smallest absolute Gasteiger partial charge is 0.423 e. The number of carbonyl (C=O) groups is 1. The van der Waals surface area contributed by atoms with Crippen LogP contribution in [-0.2, 0) is 22.1 Å². The van der Waals surface area contributed by atoms with Crippen LogP contribution in [0.15, 0.2) is 42.5 Å². The van der Waals surface area contributed by atoms with Crippen molar-refractivity contribution in [2.45, 2.75) is 52.1 Å². The fourth-order valence-electron chi connectivity index (χ4n) is 3.32. The summed E-state index contributed by atoms with van der Waals surface area (Å²) in [5.41, 5.74) is 4.13. The first kappa shape index (κ1) is 17.9. The van der Waals surface area contributed by atoms with Crippen LogP contribution in [0.4, 0.5) is 0 Å². The van der Waals surface area contributed by atoms with Crippen molar-refractivity contribution >= 4 is 18.4 Å². The highest BCUT2D eigenvalue weighted by Gasteiger charge is 2.40. The van der Waals surface area contributed by atoms with Gasteiger partial charge in [-0.15, -0.1) is 0 Å². The lowest BCUT2D eigenvalue weighted by Gasteiger charge is -2.19. The Morgan fingerprint density at radius 3 is 2.36 bits per heavy atom. The maximum Gasteiger partial charge on any atom is 0.492 e. The molecule has 2 aromatic carbocycles. The van der Waals surface area contributed by atoms with E-state index in [0.29, 0.717) is 12.0 Å². The Morgan fingerprint density at radius 2 is 1.76 bits per heavy atom. The molecule has 0 spiro atoms. The summed E-state index contributed by atoms with van der Waals surface area (Å²) in [6.07, 6.45) is 0.315. The summed E-state index contributed by atoms with van der Waals surface area (Å²) in [6, 6.07) is 13.6. The average Bonchev–Trinajstić information content (AvgIpc) is 2.75. The van der Waals surface area contributed by atoms with E-state index in [1.165, 1.54) is 5.56 Å². The number of rotatable bonds is 3. The molecule has 4 heteroatoms. The molecule has 1 N–H and O–H groups in total. The summed E-state index contributed by atoms with van der Waals surface area (Å²) >= 11 is 0. The molecule has 1 aliphatic rings. The van der Waals surface area contributed by atoms with E-state index >= 15 is 0 Å². The highest BCUT2D eigenvalue weighted by atomic mass is 16.5. The number of carbonyl (C=O) groups excluding carboxylic acids is 1. The topological polar surface area (TPSA) is 46.5 Å². The first-order chi connectivity index (χ1) is 11.6. The van der Waals surface area contributed by atoms with Crippen molar-refractivity contribution in [2.24, 2.45) is 0 Å². The molecule has 1 aliphatic heterocycles. The Kier molecular flexibility index (Phi) is 4.38. The van der Waals surface area contributed by atoms with Gasteiger partial charge in [0.05, 0.1) is 5.60 Å². The third kappa shape index (κ3) is 3.56. The molecule has 0 fully saturated rings. The predicted octanol–water partition coefficient (Wildman–Crippen LogP) is 3.36. The number of hydrogen-bond acceptors (Lipinski definition) is 3. The van der Waals surface area contributed by atoms with Crippen LogP contribution in [0.2, 0.25) is 0 Å². The van der Waals surface area contributed by atoms with Gasteiger partial charge in [-0.25, -0.2) is 0 Å². The molecule has 0 radical (unpaired) electrons. The number of Topliss-reactive ketones (excluding diaryl/α,β-unsaturated/α-hetero) is 1. The molecule has 0 saturated heterocycles. The minimum absolute atomic E-state index is 0.0739. The Morgan fingerprint density at radius 1 is 1.12 bits per heavy atom. The lowest BCUT2D eigenvalue weighted by atomic mass is 9.77. The summed E-state index contributed by atoms with van der Waals surface area (Å²) < 4.78 is 5.58. The molecule has 0 bridgehead atoms. The maximum atomic E-state index is 12.6. The molecule has 0 saturated carbocycles. The van der Waals surface area contributed by atoms with Gasteiger partial charge in [-0.3, -0.25) is 4.79 Å². The van der Waals surface area contributed by atoms with Crippen molar-refractivity contribution < 1.29 is 14.5 Å². The SMILES string of the molecule is CC(C)(C)c1ccc(C(=O)Cc2ccc3c(c2)B(O)OC3(C)C)cc1. The Hall–Kier alpha value is -1.91. The van der Waals surface area contributed by atoms with E-state index in [2.05, 4.69) is 20.8 Å². The molecule has 3 nitrogen and oxygen atoms in total. The van der Waals surface area contributed by atoms with Crippen LogP contribution < -0.4 is 5.46 Å². The number of benzene rings is 2. The van der Waals surface area contributed by atoms with Gasteiger partial charge in [-0.2, -0.15) is 0 Å². The zero-order valence-corrected chi connectivity index (χ0v) is 15.6. The monoisotopic (exact) mass is 336 g/mol. The van der Waals surface area contributed by atoms with Gasteiger partial charge in [0.2, 0.25) is 0 Å². The van der Waals surface area contributed by atoms with Gasteiger partial charge < -0.3 is 9.68 Å². The molecule has 130 valence electrons. The van der Waals surface area contributed by atoms with Gasteiger partial charge in [0.15, 0.2) is 5.78 Å². The lowest BCUT2D eigenvalue weighted by Crippen LogP contribution is -2.29. The summed E-state index contributed by atoms with van der Waals surface area (Å²) in [5.74, 6) is 0.0769. The molecular weight excluding hydrogens is 311 g/mol. The molecule has 0 unspecified atom stereocenters. The Bertz CT molecular complexity index is 801.